The highest BCUT2D eigenvalue weighted by atomic mass is 32.2. The molecule has 0 radical (unpaired) electrons. The first-order valence-corrected chi connectivity index (χ1v) is 9.19. The summed E-state index contributed by atoms with van der Waals surface area (Å²) in [5, 5.41) is 0. The van der Waals surface area contributed by atoms with E-state index in [1.165, 1.54) is 0 Å². The fourth-order valence-corrected chi connectivity index (χ4v) is 5.26. The van der Waals surface area contributed by atoms with Crippen LogP contribution in [0.5, 0.6) is 0 Å². The average Bonchev–Trinajstić information content (AvgIpc) is 2.83. The van der Waals surface area contributed by atoms with Crippen molar-refractivity contribution in [3.05, 3.63) is 0 Å². The van der Waals surface area contributed by atoms with E-state index >= 15 is 0 Å². The number of sulfonamides is 1. The van der Waals surface area contributed by atoms with E-state index in [-0.39, 0.29) is 11.3 Å². The van der Waals surface area contributed by atoms with Gasteiger partial charge in [0.1, 0.15) is 0 Å². The molecular formula is C14H30N2O2S. The van der Waals surface area contributed by atoms with Gasteiger partial charge >= 0.3 is 0 Å². The van der Waals surface area contributed by atoms with Gasteiger partial charge < -0.3 is 5.73 Å². The minimum Gasteiger partial charge on any atom is -0.329 e. The summed E-state index contributed by atoms with van der Waals surface area (Å²) in [4.78, 5) is 0. The molecule has 19 heavy (non-hydrogen) atoms. The van der Waals surface area contributed by atoms with Crippen LogP contribution in [0.3, 0.4) is 0 Å². The van der Waals surface area contributed by atoms with Gasteiger partial charge in [0.15, 0.2) is 0 Å². The maximum Gasteiger partial charge on any atom is 0.214 e. The molecule has 4 nitrogen and oxygen atoms in total. The van der Waals surface area contributed by atoms with Gasteiger partial charge in [-0.2, -0.15) is 4.31 Å². The number of rotatable bonds is 8. The fourth-order valence-electron chi connectivity index (χ4n) is 2.96. The van der Waals surface area contributed by atoms with Crippen LogP contribution in [0.1, 0.15) is 59.3 Å². The highest BCUT2D eigenvalue weighted by molar-refractivity contribution is 7.89. The van der Waals surface area contributed by atoms with Crippen LogP contribution in [0.2, 0.25) is 0 Å². The van der Waals surface area contributed by atoms with Gasteiger partial charge in [0.05, 0.1) is 5.75 Å². The first-order valence-electron chi connectivity index (χ1n) is 7.58. The van der Waals surface area contributed by atoms with Crippen LogP contribution in [0.25, 0.3) is 0 Å². The van der Waals surface area contributed by atoms with Gasteiger partial charge in [0.25, 0.3) is 0 Å². The molecule has 1 aliphatic carbocycles. The van der Waals surface area contributed by atoms with Gasteiger partial charge in [0.2, 0.25) is 10.0 Å². The molecule has 5 heteroatoms. The largest absolute Gasteiger partial charge is 0.329 e. The fraction of sp³-hybridized carbons (Fsp3) is 1.00. The highest BCUT2D eigenvalue weighted by Crippen LogP contribution is 2.36. The van der Waals surface area contributed by atoms with E-state index in [1.807, 2.05) is 6.92 Å². The van der Waals surface area contributed by atoms with Crippen molar-refractivity contribution >= 4 is 10.0 Å². The molecule has 0 bridgehead atoms. The zero-order valence-corrected chi connectivity index (χ0v) is 13.5. The number of hydrogen-bond donors (Lipinski definition) is 1. The molecular weight excluding hydrogens is 260 g/mol. The van der Waals surface area contributed by atoms with E-state index in [4.69, 9.17) is 5.73 Å². The minimum atomic E-state index is -3.18. The van der Waals surface area contributed by atoms with Gasteiger partial charge in [0, 0.05) is 18.6 Å². The molecule has 0 aromatic carbocycles. The van der Waals surface area contributed by atoms with Crippen LogP contribution in [-0.2, 0) is 10.0 Å². The lowest BCUT2D eigenvalue weighted by atomic mass is 9.98. The predicted octanol–water partition coefficient (Wildman–Crippen LogP) is 2.35. The summed E-state index contributed by atoms with van der Waals surface area (Å²) >= 11 is 0. The van der Waals surface area contributed by atoms with Crippen molar-refractivity contribution in [3.63, 3.8) is 0 Å². The monoisotopic (exact) mass is 290 g/mol. The zero-order chi connectivity index (χ0) is 14.5. The quantitative estimate of drug-likeness (QED) is 0.746. The van der Waals surface area contributed by atoms with Crippen molar-refractivity contribution in [3.8, 4) is 0 Å². The molecule has 0 unspecified atom stereocenters. The van der Waals surface area contributed by atoms with Gasteiger partial charge in [-0.05, 0) is 31.6 Å². The first kappa shape index (κ1) is 16.9. The molecule has 0 amide bonds. The standard InChI is InChI=1S/C14H30N2O2S/c1-4-10-16(14(12-15)8-5-6-9-14)19(17,18)11-7-13(2)3/h13H,4-12,15H2,1-3H3. The molecule has 0 aromatic rings. The molecule has 0 saturated heterocycles. The van der Waals surface area contributed by atoms with Crippen molar-refractivity contribution in [2.45, 2.75) is 64.8 Å². The van der Waals surface area contributed by atoms with Crippen LogP contribution in [-0.4, -0.2) is 37.1 Å². The number of hydrogen-bond acceptors (Lipinski definition) is 3. The maximum atomic E-state index is 12.6. The third-order valence-corrected chi connectivity index (χ3v) is 6.15. The molecule has 0 heterocycles. The topological polar surface area (TPSA) is 63.4 Å². The zero-order valence-electron chi connectivity index (χ0n) is 12.7. The Kier molecular flexibility index (Phi) is 6.27. The molecule has 0 spiro atoms. The second-order valence-electron chi connectivity index (χ2n) is 6.21. The predicted molar refractivity (Wildman–Crippen MR) is 80.5 cm³/mol. The highest BCUT2D eigenvalue weighted by Gasteiger charge is 2.43. The summed E-state index contributed by atoms with van der Waals surface area (Å²) in [6.07, 6.45) is 5.61. The van der Waals surface area contributed by atoms with E-state index in [0.717, 1.165) is 38.5 Å². The third-order valence-electron chi connectivity index (χ3n) is 4.16. The normalized spacial score (nSPS) is 19.5. The van der Waals surface area contributed by atoms with Crippen molar-refractivity contribution in [2.24, 2.45) is 11.7 Å². The molecule has 1 rings (SSSR count). The van der Waals surface area contributed by atoms with E-state index < -0.39 is 10.0 Å². The van der Waals surface area contributed by atoms with Crippen LogP contribution < -0.4 is 5.73 Å². The Morgan fingerprint density at radius 3 is 2.26 bits per heavy atom. The van der Waals surface area contributed by atoms with Crippen molar-refractivity contribution < 1.29 is 8.42 Å². The molecule has 0 aliphatic heterocycles. The molecule has 1 saturated carbocycles. The molecule has 0 aromatic heterocycles. The van der Waals surface area contributed by atoms with Crippen LogP contribution in [0.15, 0.2) is 0 Å². The van der Waals surface area contributed by atoms with Gasteiger partial charge in [-0.3, -0.25) is 0 Å². The third kappa shape index (κ3) is 4.17. The van der Waals surface area contributed by atoms with Crippen molar-refractivity contribution in [2.75, 3.05) is 18.8 Å². The average molecular weight is 290 g/mol. The Hall–Kier alpha value is -0.130. The van der Waals surface area contributed by atoms with Crippen molar-refractivity contribution in [1.82, 2.24) is 4.31 Å². The first-order chi connectivity index (χ1) is 8.88. The summed E-state index contributed by atoms with van der Waals surface area (Å²) in [5.41, 5.74) is 5.65. The number of nitrogens with zero attached hydrogens (tertiary/aromatic N) is 1. The molecule has 114 valence electrons. The summed E-state index contributed by atoms with van der Waals surface area (Å²) in [6.45, 7) is 7.22. The smallest absolute Gasteiger partial charge is 0.214 e. The lowest BCUT2D eigenvalue weighted by Crippen LogP contribution is -2.55. The maximum absolute atomic E-state index is 12.6. The van der Waals surface area contributed by atoms with E-state index in [9.17, 15) is 8.42 Å². The SMILES string of the molecule is CCCN(C1(CN)CCCC1)S(=O)(=O)CCC(C)C. The molecule has 1 aliphatic rings. The van der Waals surface area contributed by atoms with Crippen LogP contribution in [0, 0.1) is 5.92 Å². The van der Waals surface area contributed by atoms with Gasteiger partial charge in [-0.15, -0.1) is 0 Å². The molecule has 1 fully saturated rings. The summed E-state index contributed by atoms with van der Waals surface area (Å²) in [6, 6.07) is 0. The Morgan fingerprint density at radius 1 is 1.26 bits per heavy atom. The Labute approximate surface area is 118 Å². The van der Waals surface area contributed by atoms with Gasteiger partial charge in [-0.25, -0.2) is 8.42 Å². The Balaban J connectivity index is 2.92. The summed E-state index contributed by atoms with van der Waals surface area (Å²) < 4.78 is 27.0. The van der Waals surface area contributed by atoms with Crippen molar-refractivity contribution in [1.29, 1.82) is 0 Å². The lowest BCUT2D eigenvalue weighted by molar-refractivity contribution is 0.197. The van der Waals surface area contributed by atoms with E-state index in [2.05, 4.69) is 13.8 Å². The molecule has 2 N–H and O–H groups in total. The Bertz CT molecular complexity index is 360. The van der Waals surface area contributed by atoms with E-state index in [1.54, 1.807) is 4.31 Å². The summed E-state index contributed by atoms with van der Waals surface area (Å²) in [7, 11) is -3.18. The number of nitrogens with two attached hydrogens (primary N) is 1. The second kappa shape index (κ2) is 7.04. The Morgan fingerprint density at radius 2 is 1.84 bits per heavy atom. The second-order valence-corrected chi connectivity index (χ2v) is 8.22. The molecule has 0 atom stereocenters. The van der Waals surface area contributed by atoms with Crippen LogP contribution in [0.4, 0.5) is 0 Å². The lowest BCUT2D eigenvalue weighted by Gasteiger charge is -2.39. The van der Waals surface area contributed by atoms with Gasteiger partial charge in [-0.1, -0.05) is 33.6 Å². The minimum absolute atomic E-state index is 0.256. The van der Waals surface area contributed by atoms with Crippen LogP contribution >= 0.6 is 0 Å². The van der Waals surface area contributed by atoms with E-state index in [0.29, 0.717) is 19.0 Å². The summed E-state index contributed by atoms with van der Waals surface area (Å²) in [5.74, 6) is 0.669.